The van der Waals surface area contributed by atoms with Crippen molar-refractivity contribution in [3.8, 4) is 11.3 Å². The van der Waals surface area contributed by atoms with Gasteiger partial charge in [0.15, 0.2) is 5.13 Å². The molecule has 5 N–H and O–H groups in total. The molecule has 0 saturated carbocycles. The molecule has 1 saturated heterocycles. The maximum atomic E-state index is 14.9. The Morgan fingerprint density at radius 2 is 2.03 bits per heavy atom. The molecule has 0 radical (unpaired) electrons. The summed E-state index contributed by atoms with van der Waals surface area (Å²) in [6, 6.07) is 12.1. The molecule has 37 heavy (non-hydrogen) atoms. The number of aliphatic hydroxyl groups is 1. The highest BCUT2D eigenvalue weighted by Crippen LogP contribution is 2.32. The minimum absolute atomic E-state index is 0.0542. The van der Waals surface area contributed by atoms with Crippen molar-refractivity contribution in [2.75, 3.05) is 23.1 Å². The Balaban J connectivity index is 1.32. The number of benzene rings is 2. The Hall–Kier alpha value is -3.03. The number of thiazole rings is 1. The van der Waals surface area contributed by atoms with Gasteiger partial charge in [-0.2, -0.15) is 5.10 Å². The molecule has 0 unspecified atom stereocenters. The summed E-state index contributed by atoms with van der Waals surface area (Å²) in [5.41, 5.74) is 2.71. The van der Waals surface area contributed by atoms with Crippen LogP contribution in [-0.4, -0.2) is 53.4 Å². The number of aromatic nitrogens is 3. The van der Waals surface area contributed by atoms with E-state index in [1.165, 1.54) is 6.20 Å². The van der Waals surface area contributed by atoms with E-state index >= 15 is 0 Å². The summed E-state index contributed by atoms with van der Waals surface area (Å²) < 4.78 is 42.4. The van der Waals surface area contributed by atoms with Gasteiger partial charge in [0.05, 0.1) is 22.5 Å². The van der Waals surface area contributed by atoms with Crippen molar-refractivity contribution >= 4 is 43.8 Å². The topological polar surface area (TPSA) is 132 Å². The zero-order valence-corrected chi connectivity index (χ0v) is 21.8. The summed E-state index contributed by atoms with van der Waals surface area (Å²) in [6.07, 6.45) is 3.69. The van der Waals surface area contributed by atoms with E-state index < -0.39 is 32.4 Å². The van der Waals surface area contributed by atoms with Crippen molar-refractivity contribution in [3.05, 3.63) is 76.6 Å². The number of nitrogens with one attached hydrogen (secondary N) is 4. The fraction of sp³-hybridized carbons (Fsp3) is 0.250. The molecule has 1 aliphatic heterocycles. The molecule has 2 aromatic heterocycles. The number of β-amino-alcohol motifs (C(OH)–C–C–N with tert-alkyl or cyclic N) is 1. The van der Waals surface area contributed by atoms with Crippen LogP contribution in [0.15, 0.2) is 65.1 Å². The molecule has 2 atom stereocenters. The lowest BCUT2D eigenvalue weighted by Gasteiger charge is -2.31. The van der Waals surface area contributed by atoms with Gasteiger partial charge < -0.3 is 15.7 Å². The summed E-state index contributed by atoms with van der Waals surface area (Å²) in [5, 5.41) is 25.5. The van der Waals surface area contributed by atoms with E-state index in [2.05, 4.69) is 30.5 Å². The molecule has 3 heterocycles. The van der Waals surface area contributed by atoms with Crippen molar-refractivity contribution in [2.24, 2.45) is 0 Å². The van der Waals surface area contributed by atoms with Gasteiger partial charge >= 0.3 is 0 Å². The summed E-state index contributed by atoms with van der Waals surface area (Å²) in [4.78, 5) is 3.29. The van der Waals surface area contributed by atoms with Gasteiger partial charge in [-0.15, -0.1) is 11.3 Å². The predicted octanol–water partition coefficient (Wildman–Crippen LogP) is 3.87. The van der Waals surface area contributed by atoms with Crippen LogP contribution < -0.4 is 15.4 Å². The molecule has 13 heteroatoms. The monoisotopic (exact) mass is 562 g/mol. The molecule has 0 aliphatic carbocycles. The van der Waals surface area contributed by atoms with Crippen molar-refractivity contribution < 1.29 is 17.9 Å². The predicted molar refractivity (Wildman–Crippen MR) is 142 cm³/mol. The zero-order chi connectivity index (χ0) is 26.0. The molecule has 9 nitrogen and oxygen atoms in total. The molecule has 2 aromatic carbocycles. The summed E-state index contributed by atoms with van der Waals surface area (Å²) >= 11 is 7.44. The Bertz CT molecular complexity index is 1470. The highest BCUT2D eigenvalue weighted by molar-refractivity contribution is 7.93. The fourth-order valence-corrected chi connectivity index (χ4v) is 6.62. The lowest BCUT2D eigenvalue weighted by molar-refractivity contribution is 0.185. The van der Waals surface area contributed by atoms with Gasteiger partial charge in [0.25, 0.3) is 10.0 Å². The number of halogens is 2. The lowest BCUT2D eigenvalue weighted by atomic mass is 9.88. The van der Waals surface area contributed by atoms with Crippen molar-refractivity contribution in [2.45, 2.75) is 29.4 Å². The number of hydrogen-bond donors (Lipinski definition) is 5. The standard InChI is InChI=1S/C24H24ClFN6O3S2/c25-18-9-22(37(34,35)32-23-27-7-8-36-23)19(26)10-21(18)28-14-24(12-17(33)13-29-24)11-15-1-3-16(4-2-15)20-5-6-30-31-20/h1-10,17,28-29,33H,11-14H2,(H,27,32)(H,30,31)/t17-,24-/m0/s1. The molecule has 0 amide bonds. The van der Waals surface area contributed by atoms with Crippen LogP contribution in [0.2, 0.25) is 5.02 Å². The maximum Gasteiger partial charge on any atom is 0.266 e. The minimum Gasteiger partial charge on any atom is -0.392 e. The Kier molecular flexibility index (Phi) is 7.19. The molecule has 1 aliphatic rings. The maximum absolute atomic E-state index is 14.9. The first kappa shape index (κ1) is 25.6. The second-order valence-corrected chi connectivity index (χ2v) is 11.9. The Morgan fingerprint density at radius 3 is 2.68 bits per heavy atom. The van der Waals surface area contributed by atoms with E-state index in [-0.39, 0.29) is 15.8 Å². The highest BCUT2D eigenvalue weighted by Gasteiger charge is 2.38. The average Bonchev–Trinajstić information content (AvgIpc) is 3.63. The van der Waals surface area contributed by atoms with E-state index in [4.69, 9.17) is 11.6 Å². The van der Waals surface area contributed by atoms with Crippen LogP contribution in [0.4, 0.5) is 15.2 Å². The zero-order valence-electron chi connectivity index (χ0n) is 19.4. The minimum atomic E-state index is -4.20. The van der Waals surface area contributed by atoms with Crippen LogP contribution in [0.3, 0.4) is 0 Å². The van der Waals surface area contributed by atoms with Gasteiger partial charge in [0.2, 0.25) is 0 Å². The first-order chi connectivity index (χ1) is 17.7. The van der Waals surface area contributed by atoms with Gasteiger partial charge in [-0.25, -0.2) is 17.8 Å². The van der Waals surface area contributed by atoms with E-state index in [1.807, 2.05) is 30.3 Å². The van der Waals surface area contributed by atoms with Gasteiger partial charge in [-0.3, -0.25) is 9.82 Å². The first-order valence-electron chi connectivity index (χ1n) is 11.4. The van der Waals surface area contributed by atoms with Crippen molar-refractivity contribution in [1.29, 1.82) is 0 Å². The smallest absolute Gasteiger partial charge is 0.266 e. The van der Waals surface area contributed by atoms with Crippen LogP contribution >= 0.6 is 22.9 Å². The molecule has 194 valence electrons. The summed E-state index contributed by atoms with van der Waals surface area (Å²) in [6.45, 7) is 0.755. The number of rotatable bonds is 9. The average molecular weight is 563 g/mol. The second-order valence-electron chi connectivity index (χ2n) is 8.92. The number of aromatic amines is 1. The fourth-order valence-electron chi connectivity index (χ4n) is 4.45. The molecule has 0 spiro atoms. The number of aliphatic hydroxyl groups excluding tert-OH is 1. The summed E-state index contributed by atoms with van der Waals surface area (Å²) in [7, 11) is -4.20. The van der Waals surface area contributed by atoms with Crippen molar-refractivity contribution in [1.82, 2.24) is 20.5 Å². The highest BCUT2D eigenvalue weighted by atomic mass is 35.5. The first-order valence-corrected chi connectivity index (χ1v) is 14.1. The number of nitrogens with zero attached hydrogens (tertiary/aromatic N) is 2. The Labute approximate surface area is 222 Å². The van der Waals surface area contributed by atoms with Gasteiger partial charge in [0, 0.05) is 36.4 Å². The largest absolute Gasteiger partial charge is 0.392 e. The molecular formula is C24H24ClFN6O3S2. The molecule has 5 rings (SSSR count). The molecule has 1 fully saturated rings. The van der Waals surface area contributed by atoms with E-state index in [1.54, 1.807) is 11.6 Å². The van der Waals surface area contributed by atoms with E-state index in [0.29, 0.717) is 25.9 Å². The Morgan fingerprint density at radius 1 is 1.22 bits per heavy atom. The number of hydrogen-bond acceptors (Lipinski definition) is 8. The van der Waals surface area contributed by atoms with Gasteiger partial charge in [-0.1, -0.05) is 35.9 Å². The van der Waals surface area contributed by atoms with Crippen molar-refractivity contribution in [3.63, 3.8) is 0 Å². The quantitative estimate of drug-likeness (QED) is 0.209. The lowest BCUT2D eigenvalue weighted by Crippen LogP contribution is -2.48. The third kappa shape index (κ3) is 5.78. The third-order valence-electron chi connectivity index (χ3n) is 6.23. The van der Waals surface area contributed by atoms with Crippen LogP contribution in [0, 0.1) is 5.82 Å². The third-order valence-corrected chi connectivity index (χ3v) is 8.71. The van der Waals surface area contributed by atoms with E-state index in [0.717, 1.165) is 40.3 Å². The molecular weight excluding hydrogens is 539 g/mol. The normalized spacial score (nSPS) is 19.7. The molecule has 4 aromatic rings. The van der Waals surface area contributed by atoms with E-state index in [9.17, 15) is 17.9 Å². The van der Waals surface area contributed by atoms with Crippen LogP contribution in [0.25, 0.3) is 11.3 Å². The SMILES string of the molecule is O=S(=O)(Nc1nccs1)c1cc(Cl)c(NC[C@]2(Cc3ccc(-c4ccn[nH]4)cc3)C[C@H](O)CN2)cc1F. The molecule has 0 bridgehead atoms. The number of sulfonamides is 1. The van der Waals surface area contributed by atoms with Gasteiger partial charge in [0.1, 0.15) is 10.7 Å². The van der Waals surface area contributed by atoms with Crippen LogP contribution in [-0.2, 0) is 16.4 Å². The summed E-state index contributed by atoms with van der Waals surface area (Å²) in [5.74, 6) is -0.946. The van der Waals surface area contributed by atoms with Gasteiger partial charge in [-0.05, 0) is 42.2 Å². The number of H-pyrrole nitrogens is 1. The second kappa shape index (κ2) is 10.4. The number of anilines is 2. The van der Waals surface area contributed by atoms with Crippen LogP contribution in [0.5, 0.6) is 0 Å². The van der Waals surface area contributed by atoms with Crippen LogP contribution in [0.1, 0.15) is 12.0 Å².